The van der Waals surface area contributed by atoms with Crippen LogP contribution in [0.2, 0.25) is 0 Å². The molecule has 1 aromatic carbocycles. The Kier molecular flexibility index (Phi) is 4.32. The lowest BCUT2D eigenvalue weighted by molar-refractivity contribution is -0.141. The van der Waals surface area contributed by atoms with Gasteiger partial charge in [-0.15, -0.1) is 11.8 Å². The van der Waals surface area contributed by atoms with Crippen molar-refractivity contribution in [3.8, 4) is 11.5 Å². The Hall–Kier alpha value is -1.89. The zero-order valence-corrected chi connectivity index (χ0v) is 12.5. The fraction of sp³-hybridized carbons (Fsp3) is 0.429. The number of carboxylic acid groups (broad SMARTS) is 1. The summed E-state index contributed by atoms with van der Waals surface area (Å²) in [6, 6.07) is 2.74. The van der Waals surface area contributed by atoms with Gasteiger partial charge in [0.25, 0.3) is 5.91 Å². The third-order valence-corrected chi connectivity index (χ3v) is 4.96. The molecule has 21 heavy (non-hydrogen) atoms. The number of carbonyl (C=O) groups is 2. The van der Waals surface area contributed by atoms with Crippen LogP contribution >= 0.6 is 11.8 Å². The van der Waals surface area contributed by atoms with Gasteiger partial charge in [-0.25, -0.2) is 4.79 Å². The molecule has 0 aliphatic carbocycles. The number of thioether (sulfide) groups is 1. The summed E-state index contributed by atoms with van der Waals surface area (Å²) in [5, 5.41) is 28.1. The molecular weight excluding hydrogens is 294 g/mol. The first-order chi connectivity index (χ1) is 9.82. The maximum atomic E-state index is 12.6. The molecule has 1 saturated heterocycles. The van der Waals surface area contributed by atoms with E-state index in [-0.39, 0.29) is 28.4 Å². The van der Waals surface area contributed by atoms with E-state index in [1.54, 1.807) is 0 Å². The number of benzene rings is 1. The number of aromatic hydroxyl groups is 2. The van der Waals surface area contributed by atoms with E-state index in [0.717, 1.165) is 6.07 Å². The van der Waals surface area contributed by atoms with Gasteiger partial charge < -0.3 is 20.2 Å². The normalized spacial score (nSPS) is 21.8. The highest BCUT2D eigenvalue weighted by Gasteiger charge is 2.43. The highest BCUT2D eigenvalue weighted by Crippen LogP contribution is 2.36. The Morgan fingerprint density at radius 3 is 2.52 bits per heavy atom. The smallest absolute Gasteiger partial charge is 0.327 e. The molecule has 1 aliphatic rings. The summed E-state index contributed by atoms with van der Waals surface area (Å²) in [5.74, 6) is -1.70. The lowest BCUT2D eigenvalue weighted by Gasteiger charge is -2.30. The van der Waals surface area contributed by atoms with Crippen molar-refractivity contribution in [1.82, 2.24) is 4.90 Å². The van der Waals surface area contributed by atoms with Gasteiger partial charge in [-0.3, -0.25) is 4.79 Å². The average molecular weight is 311 g/mol. The third kappa shape index (κ3) is 2.92. The largest absolute Gasteiger partial charge is 0.508 e. The van der Waals surface area contributed by atoms with Gasteiger partial charge >= 0.3 is 5.97 Å². The number of amides is 1. The second-order valence-electron chi connectivity index (χ2n) is 5.24. The van der Waals surface area contributed by atoms with Crippen LogP contribution in [0.3, 0.4) is 0 Å². The molecule has 7 heteroatoms. The van der Waals surface area contributed by atoms with Crippen LogP contribution in [0.4, 0.5) is 0 Å². The van der Waals surface area contributed by atoms with Gasteiger partial charge in [0, 0.05) is 11.8 Å². The summed E-state index contributed by atoms with van der Waals surface area (Å²) in [4.78, 5) is 25.3. The second-order valence-corrected chi connectivity index (χ2v) is 6.39. The Bertz CT molecular complexity index is 574. The number of aliphatic carboxylic acids is 1. The predicted molar refractivity (Wildman–Crippen MR) is 78.4 cm³/mol. The van der Waals surface area contributed by atoms with Crippen molar-refractivity contribution in [3.05, 3.63) is 23.8 Å². The Labute approximate surface area is 126 Å². The topological polar surface area (TPSA) is 98.1 Å². The Morgan fingerprint density at radius 2 is 2.00 bits per heavy atom. The van der Waals surface area contributed by atoms with Crippen LogP contribution in [0.15, 0.2) is 18.2 Å². The minimum absolute atomic E-state index is 0.00722. The van der Waals surface area contributed by atoms with E-state index in [2.05, 4.69) is 0 Å². The van der Waals surface area contributed by atoms with Crippen LogP contribution in [0.1, 0.15) is 24.2 Å². The maximum Gasteiger partial charge on any atom is 0.327 e. The number of rotatable bonds is 3. The minimum Gasteiger partial charge on any atom is -0.508 e. The van der Waals surface area contributed by atoms with E-state index in [1.165, 1.54) is 28.8 Å². The Morgan fingerprint density at radius 1 is 1.33 bits per heavy atom. The first kappa shape index (κ1) is 15.5. The molecule has 1 amide bonds. The van der Waals surface area contributed by atoms with Crippen molar-refractivity contribution in [2.24, 2.45) is 5.92 Å². The number of carbonyl (C=O) groups excluding carboxylic acids is 1. The molecule has 0 bridgehead atoms. The highest BCUT2D eigenvalue weighted by molar-refractivity contribution is 8.00. The van der Waals surface area contributed by atoms with Crippen molar-refractivity contribution in [2.45, 2.75) is 25.3 Å². The van der Waals surface area contributed by atoms with Gasteiger partial charge in [0.05, 0.1) is 10.9 Å². The van der Waals surface area contributed by atoms with Gasteiger partial charge in [0.1, 0.15) is 17.5 Å². The van der Waals surface area contributed by atoms with Crippen molar-refractivity contribution in [1.29, 1.82) is 0 Å². The average Bonchev–Trinajstić information content (AvgIpc) is 2.82. The van der Waals surface area contributed by atoms with Crippen molar-refractivity contribution in [2.75, 3.05) is 5.75 Å². The molecule has 3 N–H and O–H groups in total. The lowest BCUT2D eigenvalue weighted by Crippen LogP contribution is -2.47. The fourth-order valence-electron chi connectivity index (χ4n) is 2.33. The van der Waals surface area contributed by atoms with Crippen molar-refractivity contribution >= 4 is 23.6 Å². The number of hydrogen-bond donors (Lipinski definition) is 3. The molecule has 1 heterocycles. The molecule has 0 radical (unpaired) electrons. The number of carboxylic acids is 1. The summed E-state index contributed by atoms with van der Waals surface area (Å²) in [6.07, 6.45) is 0. The van der Waals surface area contributed by atoms with Gasteiger partial charge in [-0.1, -0.05) is 13.8 Å². The monoisotopic (exact) mass is 311 g/mol. The van der Waals surface area contributed by atoms with Crippen molar-refractivity contribution < 1.29 is 24.9 Å². The molecule has 1 fully saturated rings. The summed E-state index contributed by atoms with van der Waals surface area (Å²) in [5.41, 5.74) is -0.00722. The molecule has 0 aromatic heterocycles. The van der Waals surface area contributed by atoms with E-state index in [0.29, 0.717) is 5.75 Å². The standard InChI is InChI=1S/C14H17NO5S/c1-7(2)13-15(10(6-21-13)14(19)20)12(18)9-4-3-8(16)5-11(9)17/h3-5,7,10,13,16-17H,6H2,1-2H3,(H,19,20). The fourth-order valence-corrected chi connectivity index (χ4v) is 3.80. The molecular formula is C14H17NO5S. The Balaban J connectivity index is 2.39. The number of nitrogens with zero attached hydrogens (tertiary/aromatic N) is 1. The second kappa shape index (κ2) is 5.85. The molecule has 2 atom stereocenters. The molecule has 0 saturated carbocycles. The van der Waals surface area contributed by atoms with Crippen LogP contribution in [-0.2, 0) is 4.79 Å². The molecule has 6 nitrogen and oxygen atoms in total. The molecule has 114 valence electrons. The first-order valence-electron chi connectivity index (χ1n) is 6.52. The van der Waals surface area contributed by atoms with Crippen molar-refractivity contribution in [3.63, 3.8) is 0 Å². The van der Waals surface area contributed by atoms with Gasteiger partial charge in [-0.05, 0) is 18.1 Å². The van der Waals surface area contributed by atoms with Crippen LogP contribution < -0.4 is 0 Å². The minimum atomic E-state index is -1.06. The van der Waals surface area contributed by atoms with Crippen LogP contribution in [0.25, 0.3) is 0 Å². The molecule has 1 aromatic rings. The maximum absolute atomic E-state index is 12.6. The lowest BCUT2D eigenvalue weighted by atomic mass is 10.1. The van der Waals surface area contributed by atoms with Crippen LogP contribution in [0, 0.1) is 5.92 Å². The first-order valence-corrected chi connectivity index (χ1v) is 7.57. The van der Waals surface area contributed by atoms with E-state index in [1.807, 2.05) is 13.8 Å². The molecule has 2 rings (SSSR count). The summed E-state index contributed by atoms with van der Waals surface area (Å²) in [6.45, 7) is 3.83. The number of phenolic OH excluding ortho intramolecular Hbond substituents is 2. The van der Waals surface area contributed by atoms with Crippen LogP contribution in [0.5, 0.6) is 11.5 Å². The number of phenols is 2. The zero-order valence-electron chi connectivity index (χ0n) is 11.7. The molecule has 0 spiro atoms. The number of hydrogen-bond acceptors (Lipinski definition) is 5. The summed E-state index contributed by atoms with van der Waals surface area (Å²) < 4.78 is 0. The summed E-state index contributed by atoms with van der Waals surface area (Å²) in [7, 11) is 0. The molecule has 1 aliphatic heterocycles. The SMILES string of the molecule is CC(C)C1SCC(C(=O)O)N1C(=O)c1ccc(O)cc1O. The quantitative estimate of drug-likeness (QED) is 0.786. The molecule has 2 unspecified atom stereocenters. The van der Waals surface area contributed by atoms with Crippen LogP contribution in [-0.4, -0.2) is 49.3 Å². The van der Waals surface area contributed by atoms with Gasteiger partial charge in [-0.2, -0.15) is 0 Å². The third-order valence-electron chi connectivity index (χ3n) is 3.34. The van der Waals surface area contributed by atoms with E-state index < -0.39 is 17.9 Å². The highest BCUT2D eigenvalue weighted by atomic mass is 32.2. The van der Waals surface area contributed by atoms with Gasteiger partial charge in [0.2, 0.25) is 0 Å². The predicted octanol–water partition coefficient (Wildman–Crippen LogP) is 1.72. The van der Waals surface area contributed by atoms with E-state index >= 15 is 0 Å². The summed E-state index contributed by atoms with van der Waals surface area (Å²) >= 11 is 1.42. The zero-order chi connectivity index (χ0) is 15.7. The van der Waals surface area contributed by atoms with E-state index in [4.69, 9.17) is 0 Å². The van der Waals surface area contributed by atoms with E-state index in [9.17, 15) is 24.9 Å². The van der Waals surface area contributed by atoms with Gasteiger partial charge in [0.15, 0.2) is 0 Å².